The topological polar surface area (TPSA) is 65.2 Å². The smallest absolute Gasteiger partial charge is 0.359 e. The molecular weight excluding hydrogens is 521 g/mol. The molecule has 39 heavy (non-hydrogen) atoms. The van der Waals surface area contributed by atoms with E-state index in [9.17, 15) is 18.0 Å². The van der Waals surface area contributed by atoms with Gasteiger partial charge in [-0.05, 0) is 53.2 Å². The molecule has 5 nitrogen and oxygen atoms in total. The van der Waals surface area contributed by atoms with Crippen LogP contribution in [0.5, 0.6) is 0 Å². The van der Waals surface area contributed by atoms with Gasteiger partial charge >= 0.3 is 12.2 Å². The Bertz CT molecular complexity index is 1350. The van der Waals surface area contributed by atoms with Crippen molar-refractivity contribution in [2.75, 3.05) is 5.32 Å². The van der Waals surface area contributed by atoms with Crippen LogP contribution in [0.2, 0.25) is 0 Å². The van der Waals surface area contributed by atoms with Crippen molar-refractivity contribution in [3.8, 4) is 0 Å². The number of rotatable bonds is 8. The Hall–Kier alpha value is -4.37. The summed E-state index contributed by atoms with van der Waals surface area (Å²) in [6.07, 6.45) is -4.46. The first-order valence-corrected chi connectivity index (χ1v) is 12.6. The largest absolute Gasteiger partial charge is 0.416 e. The highest BCUT2D eigenvalue weighted by Crippen LogP contribution is 2.31. The molecule has 2 unspecified atom stereocenters. The van der Waals surface area contributed by atoms with Crippen molar-refractivity contribution in [3.05, 3.63) is 138 Å². The summed E-state index contributed by atoms with van der Waals surface area (Å²) in [5.41, 5.74) is 2.20. The molecule has 0 aliphatic carbocycles. The summed E-state index contributed by atoms with van der Waals surface area (Å²) in [7, 11) is 0. The average Bonchev–Trinajstić information content (AvgIpc) is 2.95. The summed E-state index contributed by atoms with van der Waals surface area (Å²) in [6, 6.07) is 31.4. The Kier molecular flexibility index (Phi) is 9.17. The Labute approximate surface area is 230 Å². The minimum Gasteiger partial charge on any atom is -0.359 e. The zero-order valence-corrected chi connectivity index (χ0v) is 21.6. The predicted octanol–water partition coefficient (Wildman–Crippen LogP) is 6.97. The lowest BCUT2D eigenvalue weighted by molar-refractivity contribution is -0.137. The van der Waals surface area contributed by atoms with Crippen molar-refractivity contribution in [3.63, 3.8) is 0 Å². The highest BCUT2D eigenvalue weighted by molar-refractivity contribution is 7.80. The standard InChI is InChI=1S/C30H27F3N4OS/c31-30(32,33)24-16-18-25(19-17-24)35-28(38)36-26(22-12-6-2-7-13-22)27(23-14-8-3-9-15-23)37-29(39)34-20-21-10-4-1-5-11-21/h1-19,26-27H,20H2,(H2,34,37,39)(H2,35,36,38). The van der Waals surface area contributed by atoms with E-state index in [0.717, 1.165) is 28.8 Å². The molecule has 0 aliphatic rings. The fourth-order valence-electron chi connectivity index (χ4n) is 4.06. The SMILES string of the molecule is O=C(Nc1ccc(C(F)(F)F)cc1)NC(c1ccccc1)C(NC(=S)NCc1ccccc1)c1ccccc1. The monoisotopic (exact) mass is 548 g/mol. The fourth-order valence-corrected chi connectivity index (χ4v) is 4.26. The number of nitrogens with one attached hydrogen (secondary N) is 4. The third-order valence-corrected chi connectivity index (χ3v) is 6.25. The highest BCUT2D eigenvalue weighted by atomic mass is 32.1. The zero-order valence-electron chi connectivity index (χ0n) is 20.8. The van der Waals surface area contributed by atoms with Gasteiger partial charge < -0.3 is 21.3 Å². The summed E-state index contributed by atoms with van der Waals surface area (Å²) in [5.74, 6) is 0. The van der Waals surface area contributed by atoms with Crippen LogP contribution >= 0.6 is 12.2 Å². The average molecular weight is 549 g/mol. The molecule has 0 saturated heterocycles. The number of halogens is 3. The zero-order chi connectivity index (χ0) is 27.7. The van der Waals surface area contributed by atoms with Crippen molar-refractivity contribution in [1.29, 1.82) is 0 Å². The van der Waals surface area contributed by atoms with Gasteiger partial charge in [0.05, 0.1) is 17.6 Å². The molecule has 0 aliphatic heterocycles. The molecule has 4 aromatic rings. The van der Waals surface area contributed by atoms with Crippen LogP contribution in [0.4, 0.5) is 23.7 Å². The van der Waals surface area contributed by atoms with E-state index in [1.165, 1.54) is 12.1 Å². The van der Waals surface area contributed by atoms with Crippen molar-refractivity contribution < 1.29 is 18.0 Å². The van der Waals surface area contributed by atoms with Crippen LogP contribution in [0.1, 0.15) is 34.3 Å². The van der Waals surface area contributed by atoms with E-state index >= 15 is 0 Å². The molecule has 2 atom stereocenters. The summed E-state index contributed by atoms with van der Waals surface area (Å²) in [4.78, 5) is 13.1. The van der Waals surface area contributed by atoms with E-state index < -0.39 is 29.9 Å². The number of carbonyl (C=O) groups is 1. The molecule has 4 N–H and O–H groups in total. The summed E-state index contributed by atoms with van der Waals surface area (Å²) in [6.45, 7) is 0.520. The van der Waals surface area contributed by atoms with Crippen LogP contribution in [0.15, 0.2) is 115 Å². The van der Waals surface area contributed by atoms with Crippen LogP contribution in [-0.4, -0.2) is 11.1 Å². The molecule has 200 valence electrons. The number of hydrogen-bond acceptors (Lipinski definition) is 2. The normalized spacial score (nSPS) is 12.6. The fraction of sp³-hybridized carbons (Fsp3) is 0.133. The summed E-state index contributed by atoms with van der Waals surface area (Å²) in [5, 5.41) is 12.6. The summed E-state index contributed by atoms with van der Waals surface area (Å²) >= 11 is 5.62. The van der Waals surface area contributed by atoms with Crippen LogP contribution in [0.3, 0.4) is 0 Å². The van der Waals surface area contributed by atoms with Crippen molar-refractivity contribution >= 4 is 29.0 Å². The molecule has 0 spiro atoms. The number of anilines is 1. The van der Waals surface area contributed by atoms with Crippen LogP contribution in [0, 0.1) is 0 Å². The van der Waals surface area contributed by atoms with E-state index in [2.05, 4.69) is 21.3 Å². The van der Waals surface area contributed by atoms with E-state index in [0.29, 0.717) is 11.7 Å². The maximum Gasteiger partial charge on any atom is 0.416 e. The Morgan fingerprint density at radius 1 is 0.692 bits per heavy atom. The van der Waals surface area contributed by atoms with E-state index in [1.807, 2.05) is 91.0 Å². The van der Waals surface area contributed by atoms with E-state index in [-0.39, 0.29) is 5.69 Å². The molecule has 2 amide bonds. The van der Waals surface area contributed by atoms with Crippen molar-refractivity contribution in [1.82, 2.24) is 16.0 Å². The second-order valence-corrected chi connectivity index (χ2v) is 9.17. The second-order valence-electron chi connectivity index (χ2n) is 8.76. The third kappa shape index (κ3) is 8.05. The van der Waals surface area contributed by atoms with Gasteiger partial charge in [0.1, 0.15) is 0 Å². The van der Waals surface area contributed by atoms with Crippen LogP contribution in [0.25, 0.3) is 0 Å². The van der Waals surface area contributed by atoms with Gasteiger partial charge in [-0.25, -0.2) is 4.79 Å². The third-order valence-electron chi connectivity index (χ3n) is 5.99. The maximum absolute atomic E-state index is 13.1. The van der Waals surface area contributed by atoms with Crippen molar-refractivity contribution in [2.45, 2.75) is 24.8 Å². The lowest BCUT2D eigenvalue weighted by atomic mass is 9.93. The first-order chi connectivity index (χ1) is 18.8. The molecule has 0 saturated carbocycles. The maximum atomic E-state index is 13.1. The summed E-state index contributed by atoms with van der Waals surface area (Å²) < 4.78 is 38.8. The van der Waals surface area contributed by atoms with Gasteiger partial charge in [0.2, 0.25) is 0 Å². The van der Waals surface area contributed by atoms with Crippen LogP contribution < -0.4 is 21.3 Å². The minimum atomic E-state index is -4.46. The van der Waals surface area contributed by atoms with Gasteiger partial charge in [-0.15, -0.1) is 0 Å². The molecule has 0 fully saturated rings. The first-order valence-electron chi connectivity index (χ1n) is 12.2. The minimum absolute atomic E-state index is 0.233. The van der Waals surface area contributed by atoms with Crippen LogP contribution in [-0.2, 0) is 12.7 Å². The number of thiocarbonyl (C=S) groups is 1. The Morgan fingerprint density at radius 2 is 1.18 bits per heavy atom. The van der Waals surface area contributed by atoms with Gasteiger partial charge in [-0.2, -0.15) is 13.2 Å². The highest BCUT2D eigenvalue weighted by Gasteiger charge is 2.30. The van der Waals surface area contributed by atoms with Gasteiger partial charge in [0.25, 0.3) is 0 Å². The van der Waals surface area contributed by atoms with E-state index in [4.69, 9.17) is 12.2 Å². The molecule has 0 heterocycles. The number of hydrogen-bond donors (Lipinski definition) is 4. The Balaban J connectivity index is 1.55. The molecule has 0 bridgehead atoms. The number of urea groups is 1. The quantitative estimate of drug-likeness (QED) is 0.180. The molecule has 0 aromatic heterocycles. The Morgan fingerprint density at radius 3 is 1.69 bits per heavy atom. The first kappa shape index (κ1) is 27.7. The molecule has 0 radical (unpaired) electrons. The number of amides is 2. The number of alkyl halides is 3. The number of carbonyl (C=O) groups excluding carboxylic acids is 1. The van der Waals surface area contributed by atoms with Gasteiger partial charge in [0.15, 0.2) is 5.11 Å². The lowest BCUT2D eigenvalue weighted by Gasteiger charge is -2.31. The predicted molar refractivity (Wildman–Crippen MR) is 151 cm³/mol. The molecular formula is C30H27F3N4OS. The molecule has 4 rings (SSSR count). The van der Waals surface area contributed by atoms with Crippen molar-refractivity contribution in [2.24, 2.45) is 0 Å². The van der Waals surface area contributed by atoms with Gasteiger partial charge in [-0.1, -0.05) is 91.0 Å². The van der Waals surface area contributed by atoms with E-state index in [1.54, 1.807) is 0 Å². The second kappa shape index (κ2) is 12.9. The molecule has 4 aromatic carbocycles. The number of benzene rings is 4. The lowest BCUT2D eigenvalue weighted by Crippen LogP contribution is -2.45. The molecule has 9 heteroatoms. The van der Waals surface area contributed by atoms with Gasteiger partial charge in [-0.3, -0.25) is 0 Å². The van der Waals surface area contributed by atoms with Gasteiger partial charge in [0, 0.05) is 12.2 Å².